The molecule has 102 valence electrons. The minimum Gasteiger partial charge on any atom is -0.481 e. The number of amides is 1. The van der Waals surface area contributed by atoms with Crippen LogP contribution in [-0.2, 0) is 4.79 Å². The van der Waals surface area contributed by atoms with Gasteiger partial charge in [-0.15, -0.1) is 0 Å². The molecule has 1 heterocycles. The second kappa shape index (κ2) is 5.13. The average molecular weight is 290 g/mol. The summed E-state index contributed by atoms with van der Waals surface area (Å²) in [4.78, 5) is 24.0. The molecule has 1 amide bonds. The first-order chi connectivity index (χ1) is 8.90. The Labute approximate surface area is 112 Å². The van der Waals surface area contributed by atoms with E-state index in [0.717, 1.165) is 12.1 Å². The molecule has 1 N–H and O–H groups in total. The van der Waals surface area contributed by atoms with Crippen LogP contribution in [0.2, 0.25) is 5.02 Å². The van der Waals surface area contributed by atoms with E-state index in [1.54, 1.807) is 0 Å². The van der Waals surface area contributed by atoms with Crippen molar-refractivity contribution in [1.82, 2.24) is 4.90 Å². The number of halogens is 3. The first kappa shape index (κ1) is 13.7. The molecule has 0 radical (unpaired) electrons. The normalized spacial score (nSPS) is 18.7. The summed E-state index contributed by atoms with van der Waals surface area (Å²) in [6.07, 6.45) is 0.304. The van der Waals surface area contributed by atoms with Crippen LogP contribution in [0.4, 0.5) is 8.78 Å². The highest BCUT2D eigenvalue weighted by Crippen LogP contribution is 2.23. The number of carboxylic acid groups (broad SMARTS) is 1. The van der Waals surface area contributed by atoms with Crippen molar-refractivity contribution in [2.24, 2.45) is 5.92 Å². The zero-order chi connectivity index (χ0) is 14.2. The highest BCUT2D eigenvalue weighted by atomic mass is 35.5. The zero-order valence-corrected chi connectivity index (χ0v) is 10.5. The number of benzene rings is 1. The highest BCUT2D eigenvalue weighted by Gasteiger charge is 2.32. The van der Waals surface area contributed by atoms with Gasteiger partial charge in [0, 0.05) is 13.1 Å². The molecule has 7 heteroatoms. The van der Waals surface area contributed by atoms with Gasteiger partial charge in [-0.3, -0.25) is 9.59 Å². The van der Waals surface area contributed by atoms with Crippen LogP contribution in [0, 0.1) is 17.6 Å². The fourth-order valence-electron chi connectivity index (χ4n) is 2.00. The monoisotopic (exact) mass is 289 g/mol. The van der Waals surface area contributed by atoms with Crippen molar-refractivity contribution in [1.29, 1.82) is 0 Å². The van der Waals surface area contributed by atoms with Crippen molar-refractivity contribution in [3.8, 4) is 0 Å². The maximum atomic E-state index is 13.6. The summed E-state index contributed by atoms with van der Waals surface area (Å²) in [7, 11) is 0. The summed E-state index contributed by atoms with van der Waals surface area (Å²) in [6, 6.07) is 1.46. The van der Waals surface area contributed by atoms with Gasteiger partial charge in [0.25, 0.3) is 5.91 Å². The van der Waals surface area contributed by atoms with Gasteiger partial charge in [-0.2, -0.15) is 0 Å². The molecule has 1 aliphatic heterocycles. The fraction of sp³-hybridized carbons (Fsp3) is 0.333. The molecule has 0 spiro atoms. The van der Waals surface area contributed by atoms with Crippen molar-refractivity contribution < 1.29 is 23.5 Å². The van der Waals surface area contributed by atoms with Gasteiger partial charge in [0.05, 0.1) is 16.5 Å². The fourth-order valence-corrected chi connectivity index (χ4v) is 2.15. The van der Waals surface area contributed by atoms with E-state index in [1.807, 2.05) is 0 Å². The van der Waals surface area contributed by atoms with Gasteiger partial charge < -0.3 is 10.0 Å². The lowest BCUT2D eigenvalue weighted by Gasteiger charge is -2.16. The number of nitrogens with zero attached hydrogens (tertiary/aromatic N) is 1. The van der Waals surface area contributed by atoms with Crippen LogP contribution in [0.25, 0.3) is 0 Å². The SMILES string of the molecule is O=C(O)C1CCN(C(=O)c2cc(F)c(Cl)cc2F)C1. The van der Waals surface area contributed by atoms with Crippen LogP contribution in [0.15, 0.2) is 12.1 Å². The minimum atomic E-state index is -1.00. The lowest BCUT2D eigenvalue weighted by atomic mass is 10.1. The molecule has 1 atom stereocenters. The Kier molecular flexibility index (Phi) is 3.71. The highest BCUT2D eigenvalue weighted by molar-refractivity contribution is 6.30. The Morgan fingerprint density at radius 1 is 1.32 bits per heavy atom. The summed E-state index contributed by atoms with van der Waals surface area (Å²) >= 11 is 5.40. The van der Waals surface area contributed by atoms with E-state index >= 15 is 0 Å². The third kappa shape index (κ3) is 2.68. The van der Waals surface area contributed by atoms with Crippen molar-refractivity contribution >= 4 is 23.5 Å². The number of hydrogen-bond donors (Lipinski definition) is 1. The number of hydrogen-bond acceptors (Lipinski definition) is 2. The Hall–Kier alpha value is -1.69. The predicted octanol–water partition coefficient (Wildman–Crippen LogP) is 2.16. The summed E-state index contributed by atoms with van der Waals surface area (Å²) in [5, 5.41) is 8.43. The van der Waals surface area contributed by atoms with Gasteiger partial charge in [0.1, 0.15) is 11.6 Å². The second-order valence-corrected chi connectivity index (χ2v) is 4.73. The number of carbonyl (C=O) groups excluding carboxylic acids is 1. The van der Waals surface area contributed by atoms with E-state index in [-0.39, 0.29) is 13.1 Å². The van der Waals surface area contributed by atoms with Crippen LogP contribution in [0.5, 0.6) is 0 Å². The molecule has 4 nitrogen and oxygen atoms in total. The third-order valence-corrected chi connectivity index (χ3v) is 3.35. The second-order valence-electron chi connectivity index (χ2n) is 4.32. The van der Waals surface area contributed by atoms with E-state index in [9.17, 15) is 18.4 Å². The van der Waals surface area contributed by atoms with Gasteiger partial charge in [0.15, 0.2) is 0 Å². The van der Waals surface area contributed by atoms with E-state index in [4.69, 9.17) is 16.7 Å². The Morgan fingerprint density at radius 2 is 2.00 bits per heavy atom. The van der Waals surface area contributed by atoms with E-state index in [2.05, 4.69) is 0 Å². The maximum absolute atomic E-state index is 13.6. The molecule has 0 saturated carbocycles. The van der Waals surface area contributed by atoms with Gasteiger partial charge in [-0.25, -0.2) is 8.78 Å². The van der Waals surface area contributed by atoms with Crippen LogP contribution < -0.4 is 0 Å². The predicted molar refractivity (Wildman–Crippen MR) is 63.0 cm³/mol. The molecule has 1 aromatic carbocycles. The van der Waals surface area contributed by atoms with Crippen LogP contribution in [0.3, 0.4) is 0 Å². The molecule has 19 heavy (non-hydrogen) atoms. The number of rotatable bonds is 2. The molecule has 1 unspecified atom stereocenters. The standard InChI is InChI=1S/C12H10ClF2NO3/c13-8-4-9(14)7(3-10(8)15)11(17)16-2-1-6(5-16)12(18)19/h3-4,6H,1-2,5H2,(H,18,19). The van der Waals surface area contributed by atoms with Crippen LogP contribution >= 0.6 is 11.6 Å². The molecule has 1 aromatic rings. The third-order valence-electron chi connectivity index (χ3n) is 3.07. The van der Waals surface area contributed by atoms with Gasteiger partial charge in [0.2, 0.25) is 0 Å². The van der Waals surface area contributed by atoms with E-state index in [0.29, 0.717) is 6.42 Å². The first-order valence-corrected chi connectivity index (χ1v) is 5.94. The summed E-state index contributed by atoms with van der Waals surface area (Å²) in [5.74, 6) is -4.20. The molecule has 0 aromatic heterocycles. The Balaban J connectivity index is 2.22. The number of carbonyl (C=O) groups is 2. The number of likely N-dealkylation sites (tertiary alicyclic amines) is 1. The molecule has 1 aliphatic rings. The van der Waals surface area contributed by atoms with Gasteiger partial charge in [-0.05, 0) is 18.6 Å². The maximum Gasteiger partial charge on any atom is 0.308 e. The molecule has 0 aliphatic carbocycles. The van der Waals surface area contributed by atoms with E-state index < -0.39 is 40.0 Å². The Bertz CT molecular complexity index is 550. The first-order valence-electron chi connectivity index (χ1n) is 5.56. The lowest BCUT2D eigenvalue weighted by Crippen LogP contribution is -2.30. The summed E-state index contributed by atoms with van der Waals surface area (Å²) in [6.45, 7) is 0.206. The minimum absolute atomic E-state index is 0.00213. The number of carboxylic acids is 1. The molecule has 1 fully saturated rings. The van der Waals surface area contributed by atoms with Crippen molar-refractivity contribution in [2.45, 2.75) is 6.42 Å². The molecular weight excluding hydrogens is 280 g/mol. The average Bonchev–Trinajstić information content (AvgIpc) is 2.82. The zero-order valence-electron chi connectivity index (χ0n) is 9.70. The van der Waals surface area contributed by atoms with Crippen molar-refractivity contribution in [2.75, 3.05) is 13.1 Å². The van der Waals surface area contributed by atoms with Gasteiger partial charge >= 0.3 is 5.97 Å². The molecule has 1 saturated heterocycles. The number of aliphatic carboxylic acids is 1. The summed E-state index contributed by atoms with van der Waals surface area (Å²) in [5.41, 5.74) is -0.437. The topological polar surface area (TPSA) is 57.6 Å². The summed E-state index contributed by atoms with van der Waals surface area (Å²) < 4.78 is 26.8. The Morgan fingerprint density at radius 3 is 2.58 bits per heavy atom. The largest absolute Gasteiger partial charge is 0.481 e. The molecule has 2 rings (SSSR count). The van der Waals surface area contributed by atoms with Crippen LogP contribution in [-0.4, -0.2) is 35.0 Å². The van der Waals surface area contributed by atoms with Crippen molar-refractivity contribution in [3.63, 3.8) is 0 Å². The lowest BCUT2D eigenvalue weighted by molar-refractivity contribution is -0.141. The van der Waals surface area contributed by atoms with Crippen molar-refractivity contribution in [3.05, 3.63) is 34.4 Å². The molecular formula is C12H10ClF2NO3. The smallest absolute Gasteiger partial charge is 0.308 e. The van der Waals surface area contributed by atoms with E-state index in [1.165, 1.54) is 4.90 Å². The quantitative estimate of drug-likeness (QED) is 0.849. The van der Waals surface area contributed by atoms with Gasteiger partial charge in [-0.1, -0.05) is 11.6 Å². The van der Waals surface area contributed by atoms with Crippen LogP contribution in [0.1, 0.15) is 16.8 Å². The molecule has 0 bridgehead atoms.